The van der Waals surface area contributed by atoms with E-state index in [1.807, 2.05) is 13.8 Å². The zero-order valence-corrected chi connectivity index (χ0v) is 10.9. The molecule has 1 heterocycles. The fourth-order valence-electron chi connectivity index (χ4n) is 1.97. The maximum Gasteiger partial charge on any atom is 0.337 e. The highest BCUT2D eigenvalue weighted by molar-refractivity contribution is 6.33. The minimum atomic E-state index is -1.06. The molecule has 6 heteroatoms. The van der Waals surface area contributed by atoms with Gasteiger partial charge in [-0.2, -0.15) is 0 Å². The van der Waals surface area contributed by atoms with Crippen LogP contribution in [0.5, 0.6) is 0 Å². The second kappa shape index (κ2) is 4.40. The third kappa shape index (κ3) is 2.15. The summed E-state index contributed by atoms with van der Waals surface area (Å²) in [5.41, 5.74) is -0.185. The van der Waals surface area contributed by atoms with Gasteiger partial charge in [-0.25, -0.2) is 9.78 Å². The Kier molecular flexibility index (Phi) is 3.21. The molecule has 2 rings (SSSR count). The number of anilines is 1. The number of carboxylic acids is 1. The summed E-state index contributed by atoms with van der Waals surface area (Å²) in [4.78, 5) is 14.8. The molecule has 1 aliphatic carbocycles. The van der Waals surface area contributed by atoms with E-state index in [1.54, 1.807) is 0 Å². The van der Waals surface area contributed by atoms with Crippen molar-refractivity contribution in [2.24, 2.45) is 5.41 Å². The molecule has 2 unspecified atom stereocenters. The third-order valence-corrected chi connectivity index (χ3v) is 3.90. The van der Waals surface area contributed by atoms with Crippen LogP contribution in [0.3, 0.4) is 0 Å². The largest absolute Gasteiger partial charge is 0.478 e. The van der Waals surface area contributed by atoms with Gasteiger partial charge >= 0.3 is 5.97 Å². The predicted octanol–water partition coefficient (Wildman–Crippen LogP) is 2.00. The van der Waals surface area contributed by atoms with Crippen molar-refractivity contribution in [2.45, 2.75) is 32.4 Å². The number of halogens is 1. The number of hydrogen-bond donors (Lipinski definition) is 3. The van der Waals surface area contributed by atoms with Crippen molar-refractivity contribution < 1.29 is 15.0 Å². The number of hydrogen-bond acceptors (Lipinski definition) is 4. The smallest absolute Gasteiger partial charge is 0.337 e. The number of aliphatic hydroxyl groups is 1. The maximum atomic E-state index is 10.7. The van der Waals surface area contributed by atoms with E-state index in [2.05, 4.69) is 10.3 Å². The van der Waals surface area contributed by atoms with Gasteiger partial charge < -0.3 is 15.5 Å². The fraction of sp³-hybridized carbons (Fsp3) is 0.500. The molecule has 0 radical (unpaired) electrons. The zero-order chi connectivity index (χ0) is 13.5. The molecule has 5 nitrogen and oxygen atoms in total. The quantitative estimate of drug-likeness (QED) is 0.783. The number of carboxylic acid groups (broad SMARTS) is 1. The Morgan fingerprint density at radius 3 is 2.72 bits per heavy atom. The molecule has 0 aromatic carbocycles. The van der Waals surface area contributed by atoms with Crippen LogP contribution in [0.4, 0.5) is 5.82 Å². The lowest BCUT2D eigenvalue weighted by atomic mass is 9.64. The average molecular weight is 271 g/mol. The van der Waals surface area contributed by atoms with Gasteiger partial charge in [-0.15, -0.1) is 0 Å². The van der Waals surface area contributed by atoms with E-state index >= 15 is 0 Å². The van der Waals surface area contributed by atoms with Crippen LogP contribution in [-0.4, -0.2) is 33.3 Å². The fourth-order valence-corrected chi connectivity index (χ4v) is 2.19. The molecule has 18 heavy (non-hydrogen) atoms. The molecule has 0 bridgehead atoms. The molecular weight excluding hydrogens is 256 g/mol. The molecule has 0 spiro atoms. The summed E-state index contributed by atoms with van der Waals surface area (Å²) < 4.78 is 0. The summed E-state index contributed by atoms with van der Waals surface area (Å²) in [5.74, 6) is -0.609. The number of nitrogens with one attached hydrogen (secondary N) is 1. The molecule has 98 valence electrons. The van der Waals surface area contributed by atoms with E-state index in [9.17, 15) is 9.90 Å². The Bertz CT molecular complexity index is 490. The van der Waals surface area contributed by atoms with Crippen LogP contribution in [0.1, 0.15) is 30.6 Å². The number of rotatable bonds is 3. The molecule has 0 saturated heterocycles. The number of aromatic carboxylic acids is 1. The van der Waals surface area contributed by atoms with Gasteiger partial charge in [0.1, 0.15) is 5.82 Å². The standard InChI is InChI=1S/C12H15ClN2O3/c1-12(2)8(4-9(12)16)15-10-7(13)3-6(5-14-10)11(17)18/h3,5,8-9,16H,4H2,1-2H3,(H,14,15)(H,17,18). The lowest BCUT2D eigenvalue weighted by Gasteiger charge is -2.49. The predicted molar refractivity (Wildman–Crippen MR) is 68.0 cm³/mol. The first-order valence-corrected chi connectivity index (χ1v) is 6.03. The molecule has 1 fully saturated rings. The van der Waals surface area contributed by atoms with Crippen molar-refractivity contribution in [1.82, 2.24) is 4.98 Å². The van der Waals surface area contributed by atoms with Crippen LogP contribution in [0.25, 0.3) is 0 Å². The Morgan fingerprint density at radius 2 is 2.28 bits per heavy atom. The number of aromatic nitrogens is 1. The summed E-state index contributed by atoms with van der Waals surface area (Å²) in [7, 11) is 0. The SMILES string of the molecule is CC1(C)C(O)CC1Nc1ncc(C(=O)O)cc1Cl. The van der Waals surface area contributed by atoms with Gasteiger partial charge in [-0.05, 0) is 12.5 Å². The molecular formula is C12H15ClN2O3. The number of aliphatic hydroxyl groups excluding tert-OH is 1. The first-order chi connectivity index (χ1) is 8.32. The summed E-state index contributed by atoms with van der Waals surface area (Å²) in [6, 6.07) is 1.44. The molecule has 2 atom stereocenters. The van der Waals surface area contributed by atoms with Gasteiger partial charge in [0.05, 0.1) is 16.7 Å². The van der Waals surface area contributed by atoms with E-state index < -0.39 is 5.97 Å². The Labute approximate surface area is 110 Å². The number of carbonyl (C=O) groups is 1. The second-order valence-electron chi connectivity index (χ2n) is 5.13. The van der Waals surface area contributed by atoms with Crippen molar-refractivity contribution in [3.63, 3.8) is 0 Å². The molecule has 0 aliphatic heterocycles. The lowest BCUT2D eigenvalue weighted by molar-refractivity contribution is -0.0511. The number of pyridine rings is 1. The monoisotopic (exact) mass is 270 g/mol. The van der Waals surface area contributed by atoms with Gasteiger partial charge in [0.2, 0.25) is 0 Å². The van der Waals surface area contributed by atoms with Gasteiger partial charge in [-0.1, -0.05) is 25.4 Å². The van der Waals surface area contributed by atoms with E-state index in [4.69, 9.17) is 16.7 Å². The van der Waals surface area contributed by atoms with E-state index in [0.717, 1.165) is 0 Å². The topological polar surface area (TPSA) is 82.5 Å². The maximum absolute atomic E-state index is 10.7. The first kappa shape index (κ1) is 13.1. The van der Waals surface area contributed by atoms with Gasteiger partial charge in [-0.3, -0.25) is 0 Å². The van der Waals surface area contributed by atoms with E-state index in [-0.39, 0.29) is 28.1 Å². The molecule has 0 amide bonds. The lowest BCUT2D eigenvalue weighted by Crippen LogP contribution is -2.57. The van der Waals surface area contributed by atoms with Crippen molar-refractivity contribution in [3.05, 3.63) is 22.8 Å². The zero-order valence-electron chi connectivity index (χ0n) is 10.1. The summed E-state index contributed by atoms with van der Waals surface area (Å²) in [6.45, 7) is 3.91. The highest BCUT2D eigenvalue weighted by Gasteiger charge is 2.47. The first-order valence-electron chi connectivity index (χ1n) is 5.66. The summed E-state index contributed by atoms with van der Waals surface area (Å²) in [5, 5.41) is 21.9. The highest BCUT2D eigenvalue weighted by atomic mass is 35.5. The van der Waals surface area contributed by atoms with Crippen LogP contribution in [-0.2, 0) is 0 Å². The van der Waals surface area contributed by atoms with Gasteiger partial charge in [0, 0.05) is 17.7 Å². The van der Waals surface area contributed by atoms with Crippen LogP contribution >= 0.6 is 11.6 Å². The Balaban J connectivity index is 2.14. The minimum absolute atomic E-state index is 0.0541. The van der Waals surface area contributed by atoms with Gasteiger partial charge in [0.25, 0.3) is 0 Å². The van der Waals surface area contributed by atoms with E-state index in [1.165, 1.54) is 12.3 Å². The second-order valence-corrected chi connectivity index (χ2v) is 5.54. The van der Waals surface area contributed by atoms with Crippen molar-refractivity contribution in [2.75, 3.05) is 5.32 Å². The van der Waals surface area contributed by atoms with Crippen LogP contribution in [0, 0.1) is 5.41 Å². The van der Waals surface area contributed by atoms with Crippen LogP contribution in [0.15, 0.2) is 12.3 Å². The minimum Gasteiger partial charge on any atom is -0.478 e. The van der Waals surface area contributed by atoms with E-state index in [0.29, 0.717) is 12.2 Å². The Hall–Kier alpha value is -1.33. The summed E-state index contributed by atoms with van der Waals surface area (Å²) >= 11 is 5.98. The Morgan fingerprint density at radius 1 is 1.61 bits per heavy atom. The number of nitrogens with zero attached hydrogens (tertiary/aromatic N) is 1. The molecule has 1 aliphatic rings. The van der Waals surface area contributed by atoms with Gasteiger partial charge in [0.15, 0.2) is 0 Å². The van der Waals surface area contributed by atoms with Crippen molar-refractivity contribution in [1.29, 1.82) is 0 Å². The summed E-state index contributed by atoms with van der Waals surface area (Å²) in [6.07, 6.45) is 1.55. The molecule has 3 N–H and O–H groups in total. The molecule has 1 aromatic rings. The van der Waals surface area contributed by atoms with Crippen molar-refractivity contribution in [3.8, 4) is 0 Å². The average Bonchev–Trinajstić information content (AvgIpc) is 2.30. The normalized spacial score (nSPS) is 25.3. The third-order valence-electron chi connectivity index (χ3n) is 3.61. The molecule has 1 aromatic heterocycles. The van der Waals surface area contributed by atoms with Crippen LogP contribution in [0.2, 0.25) is 5.02 Å². The highest BCUT2D eigenvalue weighted by Crippen LogP contribution is 2.42. The van der Waals surface area contributed by atoms with Crippen LogP contribution < -0.4 is 5.32 Å². The molecule has 1 saturated carbocycles. The van der Waals surface area contributed by atoms with Crippen molar-refractivity contribution >= 4 is 23.4 Å².